The van der Waals surface area contributed by atoms with E-state index in [1.807, 2.05) is 13.8 Å². The van der Waals surface area contributed by atoms with Crippen LogP contribution in [-0.4, -0.2) is 51.9 Å². The summed E-state index contributed by atoms with van der Waals surface area (Å²) >= 11 is 0. The fraction of sp³-hybridized carbons (Fsp3) is 0.706. The van der Waals surface area contributed by atoms with Crippen LogP contribution in [0, 0.1) is 11.3 Å². The molecule has 0 spiro atoms. The van der Waals surface area contributed by atoms with Crippen molar-refractivity contribution >= 4 is 17.7 Å². The van der Waals surface area contributed by atoms with Crippen LogP contribution < -0.4 is 0 Å². The van der Waals surface area contributed by atoms with Gasteiger partial charge in [0.15, 0.2) is 0 Å². The average molecular weight is 322 g/mol. The molecule has 2 rings (SSSR count). The summed E-state index contributed by atoms with van der Waals surface area (Å²) in [6, 6.07) is 0. The van der Waals surface area contributed by atoms with E-state index in [0.29, 0.717) is 31.8 Å². The summed E-state index contributed by atoms with van der Waals surface area (Å²) in [4.78, 5) is 37.8. The number of hydrogen-bond acceptors (Lipinski definition) is 4. The monoisotopic (exact) mass is 322 g/mol. The second-order valence-corrected chi connectivity index (χ2v) is 7.46. The van der Waals surface area contributed by atoms with Gasteiger partial charge in [0.1, 0.15) is 6.23 Å². The quantitative estimate of drug-likeness (QED) is 0.717. The van der Waals surface area contributed by atoms with Gasteiger partial charge in [-0.15, -0.1) is 0 Å². The summed E-state index contributed by atoms with van der Waals surface area (Å²) in [7, 11) is 0. The van der Waals surface area contributed by atoms with E-state index >= 15 is 0 Å². The molecule has 2 aliphatic rings. The Hall–Kier alpha value is -1.69. The zero-order valence-electron chi connectivity index (χ0n) is 14.1. The molecule has 0 bridgehead atoms. The van der Waals surface area contributed by atoms with E-state index in [9.17, 15) is 19.5 Å². The fourth-order valence-corrected chi connectivity index (χ4v) is 3.48. The van der Waals surface area contributed by atoms with E-state index in [4.69, 9.17) is 0 Å². The van der Waals surface area contributed by atoms with Crippen molar-refractivity contribution in [3.8, 4) is 0 Å². The van der Waals surface area contributed by atoms with Gasteiger partial charge in [0, 0.05) is 38.1 Å². The van der Waals surface area contributed by atoms with E-state index in [2.05, 4.69) is 6.92 Å². The first kappa shape index (κ1) is 17.7. The SMILES string of the molecule is CC(CCN1C(=O)CCC1O)CC(C)(C)CN1C(=O)C=CC1=O. The minimum atomic E-state index is -0.645. The number of likely N-dealkylation sites (tertiary alicyclic amines) is 1. The van der Waals surface area contributed by atoms with E-state index < -0.39 is 6.23 Å². The molecular formula is C17H26N2O4. The van der Waals surface area contributed by atoms with Crippen molar-refractivity contribution < 1.29 is 19.5 Å². The first-order chi connectivity index (χ1) is 10.7. The molecule has 1 fully saturated rings. The summed E-state index contributed by atoms with van der Waals surface area (Å²) in [6.45, 7) is 7.13. The van der Waals surface area contributed by atoms with Crippen LogP contribution in [0.15, 0.2) is 12.2 Å². The van der Waals surface area contributed by atoms with Gasteiger partial charge < -0.3 is 10.0 Å². The number of amides is 3. The van der Waals surface area contributed by atoms with Crippen LogP contribution in [0.25, 0.3) is 0 Å². The summed E-state index contributed by atoms with van der Waals surface area (Å²) in [5.41, 5.74) is -0.190. The fourth-order valence-electron chi connectivity index (χ4n) is 3.48. The molecular weight excluding hydrogens is 296 g/mol. The van der Waals surface area contributed by atoms with Crippen molar-refractivity contribution in [2.24, 2.45) is 11.3 Å². The molecule has 128 valence electrons. The molecule has 0 aromatic rings. The average Bonchev–Trinajstić information content (AvgIpc) is 2.93. The van der Waals surface area contributed by atoms with Gasteiger partial charge in [0.05, 0.1) is 0 Å². The first-order valence-electron chi connectivity index (χ1n) is 8.21. The molecule has 6 nitrogen and oxygen atoms in total. The van der Waals surface area contributed by atoms with Crippen molar-refractivity contribution in [3.05, 3.63) is 12.2 Å². The molecule has 1 saturated heterocycles. The Morgan fingerprint density at radius 2 is 1.87 bits per heavy atom. The number of aliphatic hydroxyl groups excluding tert-OH is 1. The standard InChI is InChI=1S/C17H26N2O4/c1-12(8-9-18-13(20)4-5-14(18)21)10-17(2,3)11-19-15(22)6-7-16(19)23/h6-7,12-13,20H,4-5,8-11H2,1-3H3. The maximum Gasteiger partial charge on any atom is 0.253 e. The molecule has 0 saturated carbocycles. The van der Waals surface area contributed by atoms with Gasteiger partial charge in [0.25, 0.3) is 11.8 Å². The van der Waals surface area contributed by atoms with Gasteiger partial charge in [0.2, 0.25) is 5.91 Å². The Labute approximate surface area is 137 Å². The summed E-state index contributed by atoms with van der Waals surface area (Å²) in [5, 5.41) is 9.77. The lowest BCUT2D eigenvalue weighted by Gasteiger charge is -2.32. The maximum absolute atomic E-state index is 11.7. The molecule has 1 N–H and O–H groups in total. The lowest BCUT2D eigenvalue weighted by Crippen LogP contribution is -2.39. The van der Waals surface area contributed by atoms with Gasteiger partial charge in [-0.1, -0.05) is 20.8 Å². The maximum atomic E-state index is 11.7. The third kappa shape index (κ3) is 4.41. The first-order valence-corrected chi connectivity index (χ1v) is 8.21. The molecule has 0 aromatic heterocycles. The number of carbonyl (C=O) groups excluding carboxylic acids is 3. The van der Waals surface area contributed by atoms with Gasteiger partial charge in [-0.05, 0) is 24.2 Å². The molecule has 2 heterocycles. The Kier molecular flexibility index (Phi) is 5.24. The van der Waals surface area contributed by atoms with E-state index in [1.54, 1.807) is 4.90 Å². The van der Waals surface area contributed by atoms with Crippen LogP contribution in [0.2, 0.25) is 0 Å². The smallest absolute Gasteiger partial charge is 0.253 e. The van der Waals surface area contributed by atoms with Crippen LogP contribution in [-0.2, 0) is 14.4 Å². The summed E-state index contributed by atoms with van der Waals surface area (Å²) < 4.78 is 0. The molecule has 2 unspecified atom stereocenters. The van der Waals surface area contributed by atoms with Crippen molar-refractivity contribution in [2.75, 3.05) is 13.1 Å². The number of imide groups is 1. The van der Waals surface area contributed by atoms with E-state index in [1.165, 1.54) is 17.1 Å². The Morgan fingerprint density at radius 1 is 1.26 bits per heavy atom. The van der Waals surface area contributed by atoms with Gasteiger partial charge in [-0.2, -0.15) is 0 Å². The highest BCUT2D eigenvalue weighted by Crippen LogP contribution is 2.30. The minimum Gasteiger partial charge on any atom is -0.374 e. The topological polar surface area (TPSA) is 77.9 Å². The second kappa shape index (κ2) is 6.83. The van der Waals surface area contributed by atoms with Gasteiger partial charge in [-0.25, -0.2) is 0 Å². The lowest BCUT2D eigenvalue weighted by atomic mass is 9.81. The normalized spacial score (nSPS) is 23.3. The Morgan fingerprint density at radius 3 is 2.39 bits per heavy atom. The third-order valence-electron chi connectivity index (χ3n) is 4.55. The van der Waals surface area contributed by atoms with Crippen molar-refractivity contribution in [2.45, 2.75) is 52.7 Å². The molecule has 23 heavy (non-hydrogen) atoms. The van der Waals surface area contributed by atoms with E-state index in [-0.39, 0.29) is 23.1 Å². The van der Waals surface area contributed by atoms with Gasteiger partial charge in [-0.3, -0.25) is 19.3 Å². The zero-order chi connectivity index (χ0) is 17.2. The van der Waals surface area contributed by atoms with Crippen molar-refractivity contribution in [3.63, 3.8) is 0 Å². The molecule has 0 radical (unpaired) electrons. The van der Waals surface area contributed by atoms with Crippen LogP contribution in [0.3, 0.4) is 0 Å². The third-order valence-corrected chi connectivity index (χ3v) is 4.55. The van der Waals surface area contributed by atoms with Crippen molar-refractivity contribution in [1.82, 2.24) is 9.80 Å². The molecule has 6 heteroatoms. The highest BCUT2D eigenvalue weighted by Gasteiger charge is 2.32. The van der Waals surface area contributed by atoms with Crippen LogP contribution in [0.5, 0.6) is 0 Å². The Balaban J connectivity index is 1.81. The summed E-state index contributed by atoms with van der Waals surface area (Å²) in [5.74, 6) is -0.155. The number of aliphatic hydroxyl groups is 1. The molecule has 2 aliphatic heterocycles. The highest BCUT2D eigenvalue weighted by atomic mass is 16.3. The Bertz CT molecular complexity index is 509. The highest BCUT2D eigenvalue weighted by molar-refractivity contribution is 6.12. The molecule has 0 aliphatic carbocycles. The predicted octanol–water partition coefficient (Wildman–Crippen LogP) is 1.29. The number of hydrogen-bond donors (Lipinski definition) is 1. The van der Waals surface area contributed by atoms with Crippen LogP contribution >= 0.6 is 0 Å². The largest absolute Gasteiger partial charge is 0.374 e. The van der Waals surface area contributed by atoms with Gasteiger partial charge >= 0.3 is 0 Å². The molecule has 3 amide bonds. The minimum absolute atomic E-state index is 0.0169. The predicted molar refractivity (Wildman–Crippen MR) is 85.0 cm³/mol. The number of rotatable bonds is 7. The van der Waals surface area contributed by atoms with Crippen LogP contribution in [0.1, 0.15) is 46.5 Å². The van der Waals surface area contributed by atoms with Crippen LogP contribution in [0.4, 0.5) is 0 Å². The van der Waals surface area contributed by atoms with Crippen molar-refractivity contribution in [1.29, 1.82) is 0 Å². The lowest BCUT2D eigenvalue weighted by molar-refractivity contribution is -0.139. The second-order valence-electron chi connectivity index (χ2n) is 7.46. The molecule has 0 aromatic carbocycles. The summed E-state index contributed by atoms with van der Waals surface area (Å²) in [6.07, 6.45) is 4.55. The zero-order valence-corrected chi connectivity index (χ0v) is 14.1. The number of carbonyl (C=O) groups is 3. The molecule has 2 atom stereocenters. The van der Waals surface area contributed by atoms with E-state index in [0.717, 1.165) is 12.8 Å². The number of nitrogens with zero attached hydrogens (tertiary/aromatic N) is 2.